The molecular formula is C37H50N3O4S+. The van der Waals surface area contributed by atoms with E-state index in [1.807, 2.05) is 17.0 Å². The first-order chi connectivity index (χ1) is 21.8. The summed E-state index contributed by atoms with van der Waals surface area (Å²) in [6, 6.07) is 17.5. The maximum atomic E-state index is 13.1. The quantitative estimate of drug-likeness (QED) is 0.0356. The highest BCUT2D eigenvalue weighted by molar-refractivity contribution is 7.15. The zero-order valence-corrected chi connectivity index (χ0v) is 28.2. The molecule has 0 radical (unpaired) electrons. The molecule has 1 N–H and O–H groups in total. The highest BCUT2D eigenvalue weighted by Gasteiger charge is 2.20. The van der Waals surface area contributed by atoms with E-state index in [0.29, 0.717) is 22.5 Å². The lowest BCUT2D eigenvalue weighted by molar-refractivity contribution is -0.709. The summed E-state index contributed by atoms with van der Waals surface area (Å²) in [4.78, 5) is 29.6. The Morgan fingerprint density at radius 3 is 1.76 bits per heavy atom. The third kappa shape index (κ3) is 11.0. The molecule has 0 saturated heterocycles. The number of carbonyl (C=O) groups is 2. The van der Waals surface area contributed by atoms with Crippen LogP contribution in [0.25, 0.3) is 0 Å². The molecule has 8 heteroatoms. The topological polar surface area (TPSA) is 86.7 Å². The molecule has 2 aromatic carbocycles. The first-order valence-electron chi connectivity index (χ1n) is 16.6. The first kappa shape index (κ1) is 35.7. The van der Waals surface area contributed by atoms with Crippen molar-refractivity contribution >= 4 is 46.8 Å². The van der Waals surface area contributed by atoms with Crippen LogP contribution in [0.3, 0.4) is 0 Å². The molecule has 0 bridgehead atoms. The lowest BCUT2D eigenvalue weighted by Gasteiger charge is -2.22. The van der Waals surface area contributed by atoms with Gasteiger partial charge in [-0.2, -0.15) is 4.74 Å². The molecule has 0 aliphatic carbocycles. The molecule has 3 rings (SSSR count). The van der Waals surface area contributed by atoms with Gasteiger partial charge in [-0.25, -0.2) is 0 Å². The molecule has 1 heterocycles. The number of nitrogens with zero attached hydrogens (tertiary/aromatic N) is 3. The fourth-order valence-corrected chi connectivity index (χ4v) is 6.01. The monoisotopic (exact) mass is 632 g/mol. The minimum atomic E-state index is 0.0157. The van der Waals surface area contributed by atoms with E-state index in [1.165, 1.54) is 17.6 Å². The van der Waals surface area contributed by atoms with Gasteiger partial charge < -0.3 is 10.1 Å². The Morgan fingerprint density at radius 1 is 0.733 bits per heavy atom. The van der Waals surface area contributed by atoms with E-state index in [1.54, 1.807) is 54.7 Å². The molecule has 1 amide bonds. The van der Waals surface area contributed by atoms with Crippen LogP contribution in [-0.2, 0) is 0 Å². The summed E-state index contributed by atoms with van der Waals surface area (Å²) in [7, 11) is 0. The molecular weight excluding hydrogens is 582 g/mol. The third-order valence-corrected chi connectivity index (χ3v) is 8.91. The number of carbonyl (C=O) groups excluding carboxylic acids is 2. The van der Waals surface area contributed by atoms with Crippen molar-refractivity contribution < 1.29 is 24.3 Å². The predicted octanol–water partition coefficient (Wildman–Crippen LogP) is 9.38. The third-order valence-electron chi connectivity index (χ3n) is 7.96. The number of hydrogen-bond acceptors (Lipinski definition) is 5. The van der Waals surface area contributed by atoms with Crippen LogP contribution < -0.4 is 0 Å². The van der Waals surface area contributed by atoms with Crippen molar-refractivity contribution in [2.45, 2.75) is 91.9 Å². The lowest BCUT2D eigenvalue weighted by atomic mass is 9.88. The van der Waals surface area contributed by atoms with Crippen LogP contribution in [0.15, 0.2) is 60.7 Å². The smallest absolute Gasteiger partial charge is 0.257 e. The van der Waals surface area contributed by atoms with E-state index >= 15 is 0 Å². The van der Waals surface area contributed by atoms with Crippen molar-refractivity contribution in [1.29, 1.82) is 0 Å². The van der Waals surface area contributed by atoms with E-state index in [4.69, 9.17) is 0 Å². The van der Waals surface area contributed by atoms with Gasteiger partial charge in [0.1, 0.15) is 0 Å². The van der Waals surface area contributed by atoms with Gasteiger partial charge in [-0.1, -0.05) is 66.2 Å². The molecule has 1 aromatic heterocycles. The second kappa shape index (κ2) is 18.9. The number of benzene rings is 2. The van der Waals surface area contributed by atoms with Crippen molar-refractivity contribution in [3.8, 4) is 0 Å². The molecule has 0 saturated carbocycles. The van der Waals surface area contributed by atoms with Gasteiger partial charge in [-0.3, -0.25) is 14.8 Å². The van der Waals surface area contributed by atoms with Gasteiger partial charge in [-0.05, 0) is 62.1 Å². The summed E-state index contributed by atoms with van der Waals surface area (Å²) in [5, 5.41) is 23.6. The number of unbranched alkanes of at least 4 members (excludes halogenated alkanes) is 4. The minimum absolute atomic E-state index is 0.0157. The molecule has 45 heavy (non-hydrogen) atoms. The summed E-state index contributed by atoms with van der Waals surface area (Å²) >= 11 is 1.36. The largest absolute Gasteiger partial charge is 0.618 e. The van der Waals surface area contributed by atoms with E-state index in [-0.39, 0.29) is 17.6 Å². The zero-order chi connectivity index (χ0) is 32.6. The molecule has 0 spiro atoms. The Morgan fingerprint density at radius 2 is 1.22 bits per heavy atom. The van der Waals surface area contributed by atoms with Crippen LogP contribution in [0.2, 0.25) is 0 Å². The standard InChI is InChI=1S/C37H50N3O4S/c1-5-9-13-29(14-10-6-2)36(41)30-15-19-32(20-16-30)39(43)27-34-23-24-35(45-34)28-40(44)33-21-17-31(18-22-33)37(42)38(25-11-7-3)26-12-8-4/h15-24,27-29,44H,5-14,25-26H2,1-4H3/q+1/b39-27+,40-28+. The average molecular weight is 633 g/mol. The maximum Gasteiger partial charge on any atom is 0.257 e. The fraction of sp³-hybridized carbons (Fsp3) is 0.459. The van der Waals surface area contributed by atoms with Crippen molar-refractivity contribution in [2.75, 3.05) is 13.1 Å². The Bertz CT molecular complexity index is 1290. The van der Waals surface area contributed by atoms with E-state index in [0.717, 1.165) is 96.5 Å². The average Bonchev–Trinajstić information content (AvgIpc) is 3.50. The highest BCUT2D eigenvalue weighted by Crippen LogP contribution is 2.23. The SMILES string of the molecule is CCCCC(CCCC)C(=O)c1ccc(/[N+]([O-])=C\c2ccc(/C=[N+](/O)c3ccc(C(=O)N(CCCC)CCCC)cc3)s2)cc1. The van der Waals surface area contributed by atoms with Crippen molar-refractivity contribution in [3.63, 3.8) is 0 Å². The Hall–Kier alpha value is -3.78. The van der Waals surface area contributed by atoms with Crippen LogP contribution in [0.4, 0.5) is 11.4 Å². The number of ketones is 1. The molecule has 7 nitrogen and oxygen atoms in total. The molecule has 0 aliphatic rings. The predicted molar refractivity (Wildman–Crippen MR) is 185 cm³/mol. The van der Waals surface area contributed by atoms with Crippen LogP contribution in [0.1, 0.15) is 122 Å². The number of Topliss-reactive ketones (excluding diaryl/α,β-unsaturated/α-hetero) is 1. The van der Waals surface area contributed by atoms with Crippen molar-refractivity contribution in [2.24, 2.45) is 5.92 Å². The van der Waals surface area contributed by atoms with Gasteiger partial charge in [-0.15, -0.1) is 11.3 Å². The Labute approximate surface area is 273 Å². The summed E-state index contributed by atoms with van der Waals surface area (Å²) in [5.41, 5.74) is 2.24. The first-order valence-corrected chi connectivity index (χ1v) is 17.4. The van der Waals surface area contributed by atoms with Crippen molar-refractivity contribution in [1.82, 2.24) is 4.90 Å². The Balaban J connectivity index is 1.67. The van der Waals surface area contributed by atoms with Crippen LogP contribution in [-0.4, -0.2) is 56.8 Å². The summed E-state index contributed by atoms with van der Waals surface area (Å²) in [5.74, 6) is 0.218. The summed E-state index contributed by atoms with van der Waals surface area (Å²) < 4.78 is 1.82. The second-order valence-corrected chi connectivity index (χ2v) is 12.8. The Kier molecular flexibility index (Phi) is 15.0. The molecule has 0 unspecified atom stereocenters. The summed E-state index contributed by atoms with van der Waals surface area (Å²) in [6.45, 7) is 10.0. The van der Waals surface area contributed by atoms with Crippen LogP contribution >= 0.6 is 11.3 Å². The number of amides is 1. The zero-order valence-electron chi connectivity index (χ0n) is 27.4. The van der Waals surface area contributed by atoms with Gasteiger partial charge in [0, 0.05) is 59.1 Å². The van der Waals surface area contributed by atoms with Crippen LogP contribution in [0, 0.1) is 11.1 Å². The highest BCUT2D eigenvalue weighted by atomic mass is 32.1. The van der Waals surface area contributed by atoms with Gasteiger partial charge in [0.25, 0.3) is 11.6 Å². The van der Waals surface area contributed by atoms with Crippen molar-refractivity contribution in [3.05, 3.63) is 86.8 Å². The van der Waals surface area contributed by atoms with E-state index in [9.17, 15) is 20.0 Å². The molecule has 3 aromatic rings. The van der Waals surface area contributed by atoms with Gasteiger partial charge in [0.05, 0.1) is 9.75 Å². The number of thiophene rings is 1. The number of hydrogen-bond donors (Lipinski definition) is 1. The minimum Gasteiger partial charge on any atom is -0.618 e. The van der Waals surface area contributed by atoms with Crippen LogP contribution in [0.5, 0.6) is 0 Å². The van der Waals surface area contributed by atoms with E-state index < -0.39 is 0 Å². The normalized spacial score (nSPS) is 12.1. The molecule has 0 atom stereocenters. The molecule has 0 aliphatic heterocycles. The van der Waals surface area contributed by atoms with Gasteiger partial charge in [0.2, 0.25) is 11.9 Å². The second-order valence-electron chi connectivity index (χ2n) is 11.6. The van der Waals surface area contributed by atoms with Gasteiger partial charge in [0.15, 0.2) is 12.0 Å². The lowest BCUT2D eigenvalue weighted by Crippen LogP contribution is -2.32. The van der Waals surface area contributed by atoms with E-state index in [2.05, 4.69) is 27.7 Å². The van der Waals surface area contributed by atoms with Gasteiger partial charge >= 0.3 is 0 Å². The fourth-order valence-electron chi connectivity index (χ4n) is 5.16. The summed E-state index contributed by atoms with van der Waals surface area (Å²) in [6.07, 6.45) is 13.1. The maximum absolute atomic E-state index is 13.1. The molecule has 0 fully saturated rings. The molecule has 242 valence electrons. The number of rotatable bonds is 19.